The molecule has 0 amide bonds. The second-order valence-electron chi connectivity index (χ2n) is 4.74. The van der Waals surface area contributed by atoms with Crippen LogP contribution in [0.25, 0.3) is 0 Å². The Hall–Kier alpha value is -1.11. The van der Waals surface area contributed by atoms with Crippen LogP contribution in [0.5, 0.6) is 0 Å². The summed E-state index contributed by atoms with van der Waals surface area (Å²) in [7, 11) is 0. The lowest BCUT2D eigenvalue weighted by molar-refractivity contribution is -0.111. The molecule has 0 atom stereocenters. The molecule has 0 radical (unpaired) electrons. The minimum absolute atomic E-state index is 0.345. The molecule has 1 saturated carbocycles. The number of aldehydes is 1. The molecular weight excluding hydrogens is 172 g/mol. The van der Waals surface area contributed by atoms with E-state index in [0.29, 0.717) is 0 Å². The molecule has 2 rings (SSSR count). The van der Waals surface area contributed by atoms with Crippen LogP contribution >= 0.6 is 0 Å². The highest BCUT2D eigenvalue weighted by atomic mass is 16.1. The van der Waals surface area contributed by atoms with E-state index in [2.05, 4.69) is 24.3 Å². The third-order valence-corrected chi connectivity index (χ3v) is 3.00. The van der Waals surface area contributed by atoms with E-state index in [1.807, 2.05) is 13.8 Å². The highest BCUT2D eigenvalue weighted by Crippen LogP contribution is 2.40. The largest absolute Gasteiger partial charge is 0.302 e. The molecule has 1 aromatic carbocycles. The molecule has 0 heterocycles. The topological polar surface area (TPSA) is 17.1 Å². The third kappa shape index (κ3) is 1.72. The monoisotopic (exact) mass is 188 g/mol. The van der Waals surface area contributed by atoms with Gasteiger partial charge in [-0.15, -0.1) is 0 Å². The Morgan fingerprint density at radius 2 is 1.79 bits per heavy atom. The Labute approximate surface area is 85.1 Å². The van der Waals surface area contributed by atoms with E-state index >= 15 is 0 Å². The first kappa shape index (κ1) is 9.45. The van der Waals surface area contributed by atoms with Crippen molar-refractivity contribution >= 4 is 6.29 Å². The summed E-state index contributed by atoms with van der Waals surface area (Å²) in [6.45, 7) is 3.90. The molecule has 1 nitrogen and oxygen atoms in total. The normalized spacial score (nSPS) is 16.7. The van der Waals surface area contributed by atoms with E-state index in [4.69, 9.17) is 0 Å². The molecule has 0 unspecified atom stereocenters. The fourth-order valence-corrected chi connectivity index (χ4v) is 1.67. The van der Waals surface area contributed by atoms with Crippen LogP contribution in [0.3, 0.4) is 0 Å². The quantitative estimate of drug-likeness (QED) is 0.666. The van der Waals surface area contributed by atoms with Gasteiger partial charge in [-0.25, -0.2) is 0 Å². The van der Waals surface area contributed by atoms with Gasteiger partial charge in [0.15, 0.2) is 0 Å². The zero-order valence-corrected chi connectivity index (χ0v) is 8.79. The highest BCUT2D eigenvalue weighted by Gasteiger charge is 2.24. The number of hydrogen-bond donors (Lipinski definition) is 0. The van der Waals surface area contributed by atoms with Crippen molar-refractivity contribution in [3.63, 3.8) is 0 Å². The van der Waals surface area contributed by atoms with Gasteiger partial charge in [-0.1, -0.05) is 24.3 Å². The summed E-state index contributed by atoms with van der Waals surface area (Å²) in [6, 6.07) is 8.50. The zero-order chi connectivity index (χ0) is 10.2. The Morgan fingerprint density at radius 1 is 1.21 bits per heavy atom. The minimum atomic E-state index is -0.345. The average Bonchev–Trinajstić information content (AvgIpc) is 3.01. The average molecular weight is 188 g/mol. The summed E-state index contributed by atoms with van der Waals surface area (Å²) >= 11 is 0. The van der Waals surface area contributed by atoms with Crippen LogP contribution in [0, 0.1) is 0 Å². The lowest BCUT2D eigenvalue weighted by Gasteiger charge is -2.17. The van der Waals surface area contributed by atoms with E-state index in [1.54, 1.807) is 0 Å². The maximum Gasteiger partial charge on any atom is 0.129 e. The lowest BCUT2D eigenvalue weighted by Crippen LogP contribution is -2.18. The van der Waals surface area contributed by atoms with Gasteiger partial charge in [0.2, 0.25) is 0 Å². The van der Waals surface area contributed by atoms with Gasteiger partial charge in [0.05, 0.1) is 0 Å². The Kier molecular flexibility index (Phi) is 2.18. The smallest absolute Gasteiger partial charge is 0.129 e. The minimum Gasteiger partial charge on any atom is -0.302 e. The lowest BCUT2D eigenvalue weighted by atomic mass is 9.86. The summed E-state index contributed by atoms with van der Waals surface area (Å²) in [5.41, 5.74) is 2.19. The van der Waals surface area contributed by atoms with Crippen molar-refractivity contribution in [3.8, 4) is 0 Å². The van der Waals surface area contributed by atoms with Crippen LogP contribution in [0.4, 0.5) is 0 Å². The summed E-state index contributed by atoms with van der Waals surface area (Å²) < 4.78 is 0. The number of hydrogen-bond acceptors (Lipinski definition) is 1. The second-order valence-corrected chi connectivity index (χ2v) is 4.74. The van der Waals surface area contributed by atoms with E-state index in [-0.39, 0.29) is 5.41 Å². The van der Waals surface area contributed by atoms with Crippen LogP contribution in [-0.4, -0.2) is 6.29 Å². The predicted octanol–water partition coefficient (Wildman–Crippen LogP) is 3.04. The molecule has 1 aliphatic carbocycles. The molecule has 1 aromatic rings. The number of carbonyl (C=O) groups is 1. The maximum atomic E-state index is 10.9. The van der Waals surface area contributed by atoms with Gasteiger partial charge >= 0.3 is 0 Å². The van der Waals surface area contributed by atoms with Crippen molar-refractivity contribution in [2.24, 2.45) is 0 Å². The number of carbonyl (C=O) groups excluding carboxylic acids is 1. The fourth-order valence-electron chi connectivity index (χ4n) is 1.67. The fraction of sp³-hybridized carbons (Fsp3) is 0.462. The van der Waals surface area contributed by atoms with Gasteiger partial charge in [-0.05, 0) is 43.7 Å². The van der Waals surface area contributed by atoms with Crippen LogP contribution in [0.2, 0.25) is 0 Å². The van der Waals surface area contributed by atoms with E-state index < -0.39 is 0 Å². The molecular formula is C13H16O. The molecule has 0 bridgehead atoms. The Bertz CT molecular complexity index is 331. The molecule has 0 spiro atoms. The molecule has 0 N–H and O–H groups in total. The SMILES string of the molecule is CC(C)(C=O)c1ccc(C2CC2)cc1. The van der Waals surface area contributed by atoms with Crippen molar-refractivity contribution in [2.75, 3.05) is 0 Å². The summed E-state index contributed by atoms with van der Waals surface area (Å²) in [4.78, 5) is 10.9. The van der Waals surface area contributed by atoms with Crippen molar-refractivity contribution in [3.05, 3.63) is 35.4 Å². The van der Waals surface area contributed by atoms with Crippen LogP contribution in [0.15, 0.2) is 24.3 Å². The van der Waals surface area contributed by atoms with Crippen molar-refractivity contribution < 1.29 is 4.79 Å². The van der Waals surface area contributed by atoms with Gasteiger partial charge in [-0.3, -0.25) is 0 Å². The molecule has 0 aliphatic heterocycles. The molecule has 0 aromatic heterocycles. The van der Waals surface area contributed by atoms with Crippen molar-refractivity contribution in [1.29, 1.82) is 0 Å². The zero-order valence-electron chi connectivity index (χ0n) is 8.79. The van der Waals surface area contributed by atoms with E-state index in [0.717, 1.165) is 17.8 Å². The van der Waals surface area contributed by atoms with Gasteiger partial charge < -0.3 is 4.79 Å². The molecule has 1 heteroatoms. The standard InChI is InChI=1S/C13H16O/c1-13(2,9-14)12-7-5-11(6-8-12)10-3-4-10/h5-10H,3-4H2,1-2H3. The van der Waals surface area contributed by atoms with E-state index in [1.165, 1.54) is 18.4 Å². The predicted molar refractivity (Wildman–Crippen MR) is 57.5 cm³/mol. The van der Waals surface area contributed by atoms with Crippen LogP contribution in [0.1, 0.15) is 43.7 Å². The number of rotatable bonds is 3. The maximum absolute atomic E-state index is 10.9. The van der Waals surface area contributed by atoms with Gasteiger partial charge in [0.25, 0.3) is 0 Å². The summed E-state index contributed by atoms with van der Waals surface area (Å²) in [5.74, 6) is 0.795. The third-order valence-electron chi connectivity index (χ3n) is 3.00. The Balaban J connectivity index is 2.24. The Morgan fingerprint density at radius 3 is 2.21 bits per heavy atom. The second kappa shape index (κ2) is 3.23. The molecule has 1 fully saturated rings. The number of benzene rings is 1. The first-order valence-corrected chi connectivity index (χ1v) is 5.20. The molecule has 1 aliphatic rings. The highest BCUT2D eigenvalue weighted by molar-refractivity contribution is 5.67. The first-order chi connectivity index (χ1) is 6.63. The molecule has 74 valence electrons. The van der Waals surface area contributed by atoms with E-state index in [9.17, 15) is 4.79 Å². The van der Waals surface area contributed by atoms with Gasteiger partial charge in [-0.2, -0.15) is 0 Å². The van der Waals surface area contributed by atoms with Crippen LogP contribution < -0.4 is 0 Å². The van der Waals surface area contributed by atoms with Crippen molar-refractivity contribution in [2.45, 2.75) is 38.0 Å². The summed E-state index contributed by atoms with van der Waals surface area (Å²) in [5, 5.41) is 0. The van der Waals surface area contributed by atoms with Gasteiger partial charge in [0, 0.05) is 5.41 Å². The van der Waals surface area contributed by atoms with Crippen molar-refractivity contribution in [1.82, 2.24) is 0 Å². The van der Waals surface area contributed by atoms with Gasteiger partial charge in [0.1, 0.15) is 6.29 Å². The summed E-state index contributed by atoms with van der Waals surface area (Å²) in [6.07, 6.45) is 3.67. The molecule has 14 heavy (non-hydrogen) atoms. The molecule has 0 saturated heterocycles. The van der Waals surface area contributed by atoms with Crippen LogP contribution in [-0.2, 0) is 10.2 Å². The first-order valence-electron chi connectivity index (χ1n) is 5.20.